The van der Waals surface area contributed by atoms with Gasteiger partial charge in [0.1, 0.15) is 0 Å². The Morgan fingerprint density at radius 2 is 2.00 bits per heavy atom. The zero-order valence-corrected chi connectivity index (χ0v) is 8.54. The topological polar surface area (TPSA) is 55.2 Å². The minimum atomic E-state index is -0.530. The van der Waals surface area contributed by atoms with Crippen molar-refractivity contribution in [3.8, 4) is 0 Å². The van der Waals surface area contributed by atoms with Crippen molar-refractivity contribution in [2.45, 2.75) is 52.2 Å². The van der Waals surface area contributed by atoms with Crippen LogP contribution in [0.1, 0.15) is 40.0 Å². The second-order valence-corrected chi connectivity index (χ2v) is 4.82. The monoisotopic (exact) mass is 186 g/mol. The molecule has 1 aliphatic rings. The Morgan fingerprint density at radius 1 is 1.38 bits per heavy atom. The van der Waals surface area contributed by atoms with E-state index in [1.165, 1.54) is 0 Å². The molecule has 0 bridgehead atoms. The highest BCUT2D eigenvalue weighted by Gasteiger charge is 2.34. The van der Waals surface area contributed by atoms with E-state index in [-0.39, 0.29) is 16.4 Å². The fraction of sp³-hybridized carbons (Fsp3) is 1.00. The minimum Gasteiger partial charge on any atom is -0.263 e. The maximum absolute atomic E-state index is 10.6. The molecule has 1 aliphatic heterocycles. The average molecular weight is 186 g/mol. The van der Waals surface area contributed by atoms with Crippen LogP contribution in [0.4, 0.5) is 0 Å². The van der Waals surface area contributed by atoms with E-state index in [9.17, 15) is 10.1 Å². The molecular weight excluding hydrogens is 168 g/mol. The first-order valence-electron chi connectivity index (χ1n) is 4.81. The van der Waals surface area contributed by atoms with Gasteiger partial charge in [0.25, 0.3) is 6.17 Å². The van der Waals surface area contributed by atoms with Gasteiger partial charge in [0, 0.05) is 17.4 Å². The molecule has 1 N–H and O–H groups in total. The van der Waals surface area contributed by atoms with Crippen LogP contribution in [0.25, 0.3) is 0 Å². The van der Waals surface area contributed by atoms with E-state index < -0.39 is 6.17 Å². The Morgan fingerprint density at radius 3 is 2.46 bits per heavy atom. The molecule has 2 unspecified atom stereocenters. The van der Waals surface area contributed by atoms with Crippen molar-refractivity contribution in [3.05, 3.63) is 10.1 Å². The summed E-state index contributed by atoms with van der Waals surface area (Å²) in [5, 5.41) is 13.7. The predicted octanol–water partition coefficient (Wildman–Crippen LogP) is 1.78. The lowest BCUT2D eigenvalue weighted by atomic mass is 9.81. The third-order valence-corrected chi connectivity index (χ3v) is 2.66. The molecule has 4 heteroatoms. The molecule has 1 heterocycles. The first-order valence-corrected chi connectivity index (χ1v) is 4.81. The van der Waals surface area contributed by atoms with E-state index in [1.54, 1.807) is 0 Å². The van der Waals surface area contributed by atoms with Crippen molar-refractivity contribution in [2.24, 2.45) is 5.41 Å². The molecule has 0 radical (unpaired) electrons. The molecule has 0 aromatic rings. The van der Waals surface area contributed by atoms with Gasteiger partial charge in [-0.2, -0.15) is 0 Å². The fourth-order valence-corrected chi connectivity index (χ4v) is 1.76. The van der Waals surface area contributed by atoms with Crippen molar-refractivity contribution in [2.75, 3.05) is 0 Å². The van der Waals surface area contributed by atoms with Crippen molar-refractivity contribution < 1.29 is 4.92 Å². The molecule has 13 heavy (non-hydrogen) atoms. The Balaban J connectivity index is 2.57. The first kappa shape index (κ1) is 10.4. The lowest BCUT2D eigenvalue weighted by Gasteiger charge is -2.35. The van der Waals surface area contributed by atoms with Gasteiger partial charge < -0.3 is 0 Å². The number of hydrogen-bond donors (Lipinski definition) is 1. The molecule has 0 saturated carbocycles. The van der Waals surface area contributed by atoms with Gasteiger partial charge in [-0.05, 0) is 18.3 Å². The van der Waals surface area contributed by atoms with Gasteiger partial charge in [-0.1, -0.05) is 20.8 Å². The maximum atomic E-state index is 10.6. The summed E-state index contributed by atoms with van der Waals surface area (Å²) in [6, 6.07) is 0.275. The molecule has 1 saturated heterocycles. The summed E-state index contributed by atoms with van der Waals surface area (Å²) < 4.78 is 0. The molecule has 2 atom stereocenters. The lowest BCUT2D eigenvalue weighted by molar-refractivity contribution is -0.534. The minimum absolute atomic E-state index is 0.120. The van der Waals surface area contributed by atoms with E-state index in [0.29, 0.717) is 6.42 Å². The fourth-order valence-electron chi connectivity index (χ4n) is 1.76. The highest BCUT2D eigenvalue weighted by atomic mass is 16.6. The molecule has 0 aromatic heterocycles. The van der Waals surface area contributed by atoms with Crippen LogP contribution in [0.15, 0.2) is 0 Å². The van der Waals surface area contributed by atoms with Crippen molar-refractivity contribution in [1.29, 1.82) is 0 Å². The predicted molar refractivity (Wildman–Crippen MR) is 51.0 cm³/mol. The Kier molecular flexibility index (Phi) is 2.91. The number of nitro groups is 1. The molecular formula is C9H18N2O2. The average Bonchev–Trinajstić information content (AvgIpc) is 2.03. The third-order valence-electron chi connectivity index (χ3n) is 2.66. The molecule has 1 fully saturated rings. The standard InChI is InChI=1S/C9H18N2O2/c1-9(2,3)7-5-4-6-8(10-7)11(12)13/h7-8,10H,4-6H2,1-3H3. The summed E-state index contributed by atoms with van der Waals surface area (Å²) in [5.41, 5.74) is 0.120. The quantitative estimate of drug-likeness (QED) is 0.501. The Hall–Kier alpha value is -0.640. The van der Waals surface area contributed by atoms with E-state index in [1.807, 2.05) is 0 Å². The highest BCUT2D eigenvalue weighted by Crippen LogP contribution is 2.27. The number of hydrogen-bond acceptors (Lipinski definition) is 3. The Labute approximate surface area is 78.9 Å². The number of piperidine rings is 1. The summed E-state index contributed by atoms with van der Waals surface area (Å²) >= 11 is 0. The summed E-state index contributed by atoms with van der Waals surface area (Å²) in [6.07, 6.45) is 2.14. The summed E-state index contributed by atoms with van der Waals surface area (Å²) in [6.45, 7) is 6.35. The molecule has 0 aromatic carbocycles. The van der Waals surface area contributed by atoms with Gasteiger partial charge in [-0.3, -0.25) is 15.4 Å². The normalized spacial score (nSPS) is 30.1. The Bertz CT molecular complexity index is 198. The van der Waals surface area contributed by atoms with Gasteiger partial charge in [0.2, 0.25) is 0 Å². The lowest BCUT2D eigenvalue weighted by Crippen LogP contribution is -2.51. The largest absolute Gasteiger partial charge is 0.266 e. The molecule has 4 nitrogen and oxygen atoms in total. The van der Waals surface area contributed by atoms with Crippen LogP contribution in [-0.2, 0) is 0 Å². The summed E-state index contributed by atoms with van der Waals surface area (Å²) in [4.78, 5) is 10.4. The van der Waals surface area contributed by atoms with Crippen molar-refractivity contribution in [3.63, 3.8) is 0 Å². The van der Waals surface area contributed by atoms with Crippen molar-refractivity contribution in [1.82, 2.24) is 5.32 Å². The van der Waals surface area contributed by atoms with Gasteiger partial charge in [-0.25, -0.2) is 0 Å². The van der Waals surface area contributed by atoms with Gasteiger partial charge in [0.15, 0.2) is 0 Å². The number of rotatable bonds is 1. The van der Waals surface area contributed by atoms with Gasteiger partial charge >= 0.3 is 0 Å². The smallest absolute Gasteiger partial charge is 0.263 e. The molecule has 0 aliphatic carbocycles. The third kappa shape index (κ3) is 2.66. The van der Waals surface area contributed by atoms with Crippen LogP contribution < -0.4 is 5.32 Å². The van der Waals surface area contributed by atoms with Gasteiger partial charge in [0.05, 0.1) is 0 Å². The maximum Gasteiger partial charge on any atom is 0.266 e. The van der Waals surface area contributed by atoms with Crippen LogP contribution in [0, 0.1) is 15.5 Å². The summed E-state index contributed by atoms with van der Waals surface area (Å²) in [5.74, 6) is 0. The second kappa shape index (κ2) is 3.62. The van der Waals surface area contributed by atoms with Crippen LogP contribution >= 0.6 is 0 Å². The highest BCUT2D eigenvalue weighted by molar-refractivity contribution is 4.84. The number of nitrogens with one attached hydrogen (secondary N) is 1. The SMILES string of the molecule is CC(C)(C)C1CCCC([N+](=O)[O-])N1. The second-order valence-electron chi connectivity index (χ2n) is 4.82. The van der Waals surface area contributed by atoms with E-state index >= 15 is 0 Å². The summed E-state index contributed by atoms with van der Waals surface area (Å²) in [7, 11) is 0. The van der Waals surface area contributed by atoms with Crippen LogP contribution in [0.5, 0.6) is 0 Å². The van der Waals surface area contributed by atoms with Crippen LogP contribution in [0.2, 0.25) is 0 Å². The van der Waals surface area contributed by atoms with Crippen molar-refractivity contribution >= 4 is 0 Å². The first-order chi connectivity index (χ1) is 5.91. The molecule has 76 valence electrons. The van der Waals surface area contributed by atoms with E-state index in [4.69, 9.17) is 0 Å². The zero-order valence-electron chi connectivity index (χ0n) is 8.54. The van der Waals surface area contributed by atoms with E-state index in [2.05, 4.69) is 26.1 Å². The van der Waals surface area contributed by atoms with Crippen LogP contribution in [-0.4, -0.2) is 17.1 Å². The molecule has 0 amide bonds. The van der Waals surface area contributed by atoms with Crippen LogP contribution in [0.3, 0.4) is 0 Å². The zero-order chi connectivity index (χ0) is 10.1. The number of nitrogens with zero attached hydrogens (tertiary/aromatic N) is 1. The van der Waals surface area contributed by atoms with E-state index in [0.717, 1.165) is 12.8 Å². The van der Waals surface area contributed by atoms with Gasteiger partial charge in [-0.15, -0.1) is 0 Å². The molecule has 0 spiro atoms. The molecule has 1 rings (SSSR count).